The van der Waals surface area contributed by atoms with Crippen LogP contribution in [0.4, 0.5) is 0 Å². The first-order valence-electron chi connectivity index (χ1n) is 6.03. The van der Waals surface area contributed by atoms with Gasteiger partial charge >= 0.3 is 0 Å². The molecule has 1 heterocycles. The SMILES string of the molecule is CCN(CC)CCNCc1nc(C)c(C)o1. The van der Waals surface area contributed by atoms with E-state index in [-0.39, 0.29) is 0 Å². The fourth-order valence-corrected chi connectivity index (χ4v) is 1.59. The Hall–Kier alpha value is -0.870. The zero-order valence-corrected chi connectivity index (χ0v) is 10.8. The van der Waals surface area contributed by atoms with Crippen molar-refractivity contribution in [2.45, 2.75) is 34.2 Å². The highest BCUT2D eigenvalue weighted by Crippen LogP contribution is 2.07. The molecule has 1 rings (SSSR count). The van der Waals surface area contributed by atoms with E-state index in [1.807, 2.05) is 13.8 Å². The van der Waals surface area contributed by atoms with Gasteiger partial charge in [-0.1, -0.05) is 13.8 Å². The predicted octanol–water partition coefficient (Wildman–Crippen LogP) is 1.72. The molecule has 0 atom stereocenters. The number of rotatable bonds is 7. The van der Waals surface area contributed by atoms with Crippen molar-refractivity contribution in [2.24, 2.45) is 0 Å². The average Bonchev–Trinajstić information content (AvgIpc) is 2.59. The molecule has 0 bridgehead atoms. The lowest BCUT2D eigenvalue weighted by molar-refractivity contribution is 0.299. The molecular formula is C12H23N3O. The van der Waals surface area contributed by atoms with E-state index in [9.17, 15) is 0 Å². The molecular weight excluding hydrogens is 202 g/mol. The van der Waals surface area contributed by atoms with Crippen LogP contribution in [0.15, 0.2) is 4.42 Å². The topological polar surface area (TPSA) is 41.3 Å². The summed E-state index contributed by atoms with van der Waals surface area (Å²) in [6.07, 6.45) is 0. The molecule has 1 N–H and O–H groups in total. The number of oxazole rings is 1. The smallest absolute Gasteiger partial charge is 0.208 e. The normalized spacial score (nSPS) is 11.3. The molecule has 0 saturated carbocycles. The lowest BCUT2D eigenvalue weighted by atomic mass is 10.4. The minimum absolute atomic E-state index is 0.718. The monoisotopic (exact) mass is 225 g/mol. The molecule has 0 aliphatic rings. The highest BCUT2D eigenvalue weighted by Gasteiger charge is 2.04. The van der Waals surface area contributed by atoms with Gasteiger partial charge in [-0.25, -0.2) is 4.98 Å². The van der Waals surface area contributed by atoms with Gasteiger partial charge < -0.3 is 14.6 Å². The Kier molecular flexibility index (Phi) is 5.49. The second kappa shape index (κ2) is 6.66. The van der Waals surface area contributed by atoms with Crippen molar-refractivity contribution < 1.29 is 4.42 Å². The third kappa shape index (κ3) is 3.94. The maximum absolute atomic E-state index is 5.49. The third-order valence-electron chi connectivity index (χ3n) is 2.85. The molecule has 0 spiro atoms. The fraction of sp³-hybridized carbons (Fsp3) is 0.750. The lowest BCUT2D eigenvalue weighted by Crippen LogP contribution is -2.31. The van der Waals surface area contributed by atoms with E-state index in [2.05, 4.69) is 29.0 Å². The van der Waals surface area contributed by atoms with Crippen molar-refractivity contribution in [3.8, 4) is 0 Å². The average molecular weight is 225 g/mol. The van der Waals surface area contributed by atoms with E-state index in [0.29, 0.717) is 0 Å². The lowest BCUT2D eigenvalue weighted by Gasteiger charge is -2.17. The van der Waals surface area contributed by atoms with Gasteiger partial charge in [0.05, 0.1) is 12.2 Å². The highest BCUT2D eigenvalue weighted by molar-refractivity contribution is 5.04. The molecule has 16 heavy (non-hydrogen) atoms. The summed E-state index contributed by atoms with van der Waals surface area (Å²) in [5.41, 5.74) is 0.987. The largest absolute Gasteiger partial charge is 0.444 e. The highest BCUT2D eigenvalue weighted by atomic mass is 16.4. The van der Waals surface area contributed by atoms with Crippen LogP contribution in [0.2, 0.25) is 0 Å². The molecule has 0 saturated heterocycles. The van der Waals surface area contributed by atoms with Crippen LogP contribution >= 0.6 is 0 Å². The summed E-state index contributed by atoms with van der Waals surface area (Å²) in [5, 5.41) is 3.34. The summed E-state index contributed by atoms with van der Waals surface area (Å²) < 4.78 is 5.49. The van der Waals surface area contributed by atoms with Crippen LogP contribution in [0, 0.1) is 13.8 Å². The van der Waals surface area contributed by atoms with Crippen LogP contribution in [0.1, 0.15) is 31.2 Å². The number of nitrogens with zero attached hydrogens (tertiary/aromatic N) is 2. The summed E-state index contributed by atoms with van der Waals surface area (Å²) >= 11 is 0. The van der Waals surface area contributed by atoms with Gasteiger partial charge in [0.1, 0.15) is 5.76 Å². The molecule has 92 valence electrons. The Morgan fingerprint density at radius 3 is 2.44 bits per heavy atom. The van der Waals surface area contributed by atoms with Gasteiger partial charge in [0, 0.05) is 13.1 Å². The van der Waals surface area contributed by atoms with Crippen LogP contribution in [0.3, 0.4) is 0 Å². The number of likely N-dealkylation sites (N-methyl/N-ethyl adjacent to an activating group) is 1. The van der Waals surface area contributed by atoms with Crippen LogP contribution in [-0.2, 0) is 6.54 Å². The predicted molar refractivity (Wildman–Crippen MR) is 65.5 cm³/mol. The first-order valence-corrected chi connectivity index (χ1v) is 6.03. The molecule has 0 unspecified atom stereocenters. The fourth-order valence-electron chi connectivity index (χ4n) is 1.59. The summed E-state index contributed by atoms with van der Waals surface area (Å²) in [6.45, 7) is 13.3. The van der Waals surface area contributed by atoms with Gasteiger partial charge in [-0.2, -0.15) is 0 Å². The zero-order chi connectivity index (χ0) is 12.0. The van der Waals surface area contributed by atoms with Gasteiger partial charge in [-0.3, -0.25) is 0 Å². The van der Waals surface area contributed by atoms with Crippen molar-refractivity contribution in [1.29, 1.82) is 0 Å². The molecule has 0 aliphatic heterocycles. The van der Waals surface area contributed by atoms with Crippen LogP contribution in [-0.4, -0.2) is 36.1 Å². The Morgan fingerprint density at radius 2 is 1.94 bits per heavy atom. The first-order chi connectivity index (χ1) is 7.67. The summed E-state index contributed by atoms with van der Waals surface area (Å²) in [5.74, 6) is 1.70. The molecule has 0 fully saturated rings. The number of hydrogen-bond acceptors (Lipinski definition) is 4. The van der Waals surface area contributed by atoms with Crippen molar-refractivity contribution >= 4 is 0 Å². The van der Waals surface area contributed by atoms with Crippen molar-refractivity contribution in [3.05, 3.63) is 17.3 Å². The van der Waals surface area contributed by atoms with E-state index in [0.717, 1.165) is 50.1 Å². The van der Waals surface area contributed by atoms with Crippen LogP contribution in [0.25, 0.3) is 0 Å². The summed E-state index contributed by atoms with van der Waals surface area (Å²) in [6, 6.07) is 0. The molecule has 4 nitrogen and oxygen atoms in total. The molecule has 0 radical (unpaired) electrons. The number of nitrogens with one attached hydrogen (secondary N) is 1. The molecule has 1 aromatic rings. The Morgan fingerprint density at radius 1 is 1.25 bits per heavy atom. The molecule has 1 aromatic heterocycles. The summed E-state index contributed by atoms with van der Waals surface area (Å²) in [4.78, 5) is 6.71. The Labute approximate surface area is 98.0 Å². The second-order valence-corrected chi connectivity index (χ2v) is 3.95. The van der Waals surface area contributed by atoms with Gasteiger partial charge in [0.15, 0.2) is 0 Å². The van der Waals surface area contributed by atoms with Crippen molar-refractivity contribution in [2.75, 3.05) is 26.2 Å². The first kappa shape index (κ1) is 13.2. The molecule has 0 amide bonds. The van der Waals surface area contributed by atoms with E-state index in [1.54, 1.807) is 0 Å². The second-order valence-electron chi connectivity index (χ2n) is 3.95. The minimum Gasteiger partial charge on any atom is -0.444 e. The van der Waals surface area contributed by atoms with Crippen LogP contribution < -0.4 is 5.32 Å². The molecule has 4 heteroatoms. The van der Waals surface area contributed by atoms with Crippen LogP contribution in [0.5, 0.6) is 0 Å². The third-order valence-corrected chi connectivity index (χ3v) is 2.85. The number of hydrogen-bond donors (Lipinski definition) is 1. The quantitative estimate of drug-likeness (QED) is 0.717. The number of aromatic nitrogens is 1. The van der Waals surface area contributed by atoms with E-state index >= 15 is 0 Å². The van der Waals surface area contributed by atoms with Gasteiger partial charge in [-0.15, -0.1) is 0 Å². The maximum atomic E-state index is 5.49. The van der Waals surface area contributed by atoms with E-state index < -0.39 is 0 Å². The Bertz CT molecular complexity index is 286. The van der Waals surface area contributed by atoms with E-state index in [4.69, 9.17) is 4.42 Å². The van der Waals surface area contributed by atoms with E-state index in [1.165, 1.54) is 0 Å². The molecule has 0 aromatic carbocycles. The Balaban J connectivity index is 2.20. The maximum Gasteiger partial charge on any atom is 0.208 e. The van der Waals surface area contributed by atoms with Gasteiger partial charge in [-0.05, 0) is 26.9 Å². The van der Waals surface area contributed by atoms with Gasteiger partial charge in [0.2, 0.25) is 5.89 Å². The van der Waals surface area contributed by atoms with Crippen molar-refractivity contribution in [3.63, 3.8) is 0 Å². The molecule has 0 aliphatic carbocycles. The number of aryl methyl sites for hydroxylation is 2. The minimum atomic E-state index is 0.718. The summed E-state index contributed by atoms with van der Waals surface area (Å²) in [7, 11) is 0. The standard InChI is InChI=1S/C12H23N3O/c1-5-15(6-2)8-7-13-9-12-14-10(3)11(4)16-12/h13H,5-9H2,1-4H3. The zero-order valence-electron chi connectivity index (χ0n) is 10.8. The van der Waals surface area contributed by atoms with Gasteiger partial charge in [0.25, 0.3) is 0 Å². The van der Waals surface area contributed by atoms with Crippen molar-refractivity contribution in [1.82, 2.24) is 15.2 Å².